The van der Waals surface area contributed by atoms with Gasteiger partial charge < -0.3 is 15.4 Å². The van der Waals surface area contributed by atoms with Gasteiger partial charge in [0, 0.05) is 25.7 Å². The number of hydrogen-bond donors (Lipinski definition) is 4. The summed E-state index contributed by atoms with van der Waals surface area (Å²) in [5, 5.41) is 6.99. The van der Waals surface area contributed by atoms with Gasteiger partial charge in [-0.25, -0.2) is 26.9 Å². The van der Waals surface area contributed by atoms with E-state index in [0.29, 0.717) is 60.7 Å². The molecule has 1 aliphatic carbocycles. The first-order chi connectivity index (χ1) is 17.8. The van der Waals surface area contributed by atoms with Crippen LogP contribution in [0.1, 0.15) is 36.8 Å². The van der Waals surface area contributed by atoms with E-state index in [1.54, 1.807) is 12.0 Å². The monoisotopic (exact) mass is 558 g/mol. The van der Waals surface area contributed by atoms with Gasteiger partial charge in [0.2, 0.25) is 16.8 Å². The maximum Gasteiger partial charge on any atom is 0.251 e. The lowest BCUT2D eigenvalue weighted by atomic mass is 9.84. The van der Waals surface area contributed by atoms with Crippen molar-refractivity contribution in [2.75, 3.05) is 43.9 Å². The number of nitrogens with one attached hydrogen (secondary N) is 3. The number of aromatic nitrogens is 2. The number of anilines is 3. The molecule has 2 aliphatic rings. The predicted octanol–water partition coefficient (Wildman–Crippen LogP) is 3.63. The van der Waals surface area contributed by atoms with Crippen LogP contribution in [0, 0.1) is 5.92 Å². The van der Waals surface area contributed by atoms with E-state index in [1.165, 1.54) is 6.20 Å². The van der Waals surface area contributed by atoms with Gasteiger partial charge in [0.15, 0.2) is 5.82 Å². The predicted molar refractivity (Wildman–Crippen MR) is 141 cm³/mol. The summed E-state index contributed by atoms with van der Waals surface area (Å²) in [4.78, 5) is 10.7. The van der Waals surface area contributed by atoms with Crippen LogP contribution in [0.3, 0.4) is 0 Å². The second-order valence-electron chi connectivity index (χ2n) is 9.44. The Kier molecular flexibility index (Phi) is 9.74. The quantitative estimate of drug-likeness (QED) is 0.327. The van der Waals surface area contributed by atoms with Gasteiger partial charge in [-0.3, -0.25) is 4.90 Å². The van der Waals surface area contributed by atoms with E-state index in [1.807, 2.05) is 12.1 Å². The number of benzene rings is 1. The number of fused-ring (bicyclic) bond motifs is 1. The number of ether oxygens (including phenoxy) is 1. The molecule has 1 aromatic carbocycles. The van der Waals surface area contributed by atoms with Crippen LogP contribution >= 0.6 is 11.6 Å². The van der Waals surface area contributed by atoms with Crippen LogP contribution < -0.4 is 20.1 Å². The van der Waals surface area contributed by atoms with Crippen molar-refractivity contribution in [2.24, 2.45) is 5.92 Å². The summed E-state index contributed by atoms with van der Waals surface area (Å²) in [7, 11) is -1.07. The number of hydrogen-bond acceptors (Lipinski definition) is 8. The Morgan fingerprint density at radius 3 is 2.62 bits per heavy atom. The molecule has 4 rings (SSSR count). The molecule has 2 atom stereocenters. The normalized spacial score (nSPS) is 20.5. The molecule has 0 amide bonds. The van der Waals surface area contributed by atoms with Gasteiger partial charge in [0.25, 0.3) is 6.43 Å². The Balaban J connectivity index is 1.50. The van der Waals surface area contributed by atoms with Crippen LogP contribution in [0.5, 0.6) is 5.75 Å². The van der Waals surface area contributed by atoms with E-state index in [0.717, 1.165) is 36.8 Å². The SMILES string of the molecule is COc1cc2c(cc1Nc1ncc(Cl)c(N[C@@H]3CCCC[C@@H]3CN[SH](=O)=O)n1)CCN(CC(F)F)CC2. The number of methoxy groups -OCH3 is 1. The molecule has 3 N–H and O–H groups in total. The Bertz CT molecular complexity index is 1150. The maximum atomic E-state index is 12.9. The molecule has 0 bridgehead atoms. The highest BCUT2D eigenvalue weighted by Crippen LogP contribution is 2.34. The lowest BCUT2D eigenvalue weighted by Crippen LogP contribution is -2.38. The number of rotatable bonds is 10. The van der Waals surface area contributed by atoms with Gasteiger partial charge in [0.1, 0.15) is 10.8 Å². The minimum Gasteiger partial charge on any atom is -0.495 e. The first-order valence-electron chi connectivity index (χ1n) is 12.5. The van der Waals surface area contributed by atoms with E-state index in [2.05, 4.69) is 25.3 Å². The lowest BCUT2D eigenvalue weighted by Gasteiger charge is -2.32. The number of thiol groups is 1. The Hall–Kier alpha value is -2.28. The van der Waals surface area contributed by atoms with Gasteiger partial charge in [-0.05, 0) is 54.9 Å². The number of halogens is 3. The van der Waals surface area contributed by atoms with Crippen molar-refractivity contribution in [2.45, 2.75) is 51.0 Å². The zero-order valence-corrected chi connectivity index (χ0v) is 22.3. The molecule has 1 fully saturated rings. The van der Waals surface area contributed by atoms with Gasteiger partial charge in [-0.1, -0.05) is 24.4 Å². The molecule has 1 aromatic heterocycles. The van der Waals surface area contributed by atoms with Crippen LogP contribution in [0.2, 0.25) is 5.02 Å². The standard InChI is InChI=1S/C24H33ClF2N6O3S/c1-36-21-11-16-7-9-33(14-22(26)27)8-6-15(16)10-20(21)31-24-28-13-18(25)23(32-24)30-19-5-3-2-4-17(19)12-29-37(34)35/h10-11,13,17,19,22,37H,2-9,12,14H2,1H3,(H,29,34,35)(H2,28,30,31,32)/t17-,19-/m1/s1. The smallest absolute Gasteiger partial charge is 0.251 e. The molecule has 9 nitrogen and oxygen atoms in total. The van der Waals surface area contributed by atoms with Gasteiger partial charge in [-0.2, -0.15) is 4.98 Å². The summed E-state index contributed by atoms with van der Waals surface area (Å²) in [6, 6.07) is 3.94. The second-order valence-corrected chi connectivity index (χ2v) is 10.7. The first-order valence-corrected chi connectivity index (χ1v) is 14.0. The van der Waals surface area contributed by atoms with Crippen molar-refractivity contribution in [3.05, 3.63) is 34.5 Å². The highest BCUT2D eigenvalue weighted by Gasteiger charge is 2.26. The Morgan fingerprint density at radius 2 is 1.92 bits per heavy atom. The van der Waals surface area contributed by atoms with Crippen LogP contribution in [0.25, 0.3) is 0 Å². The molecule has 1 saturated carbocycles. The third-order valence-corrected chi connectivity index (χ3v) is 7.73. The van der Waals surface area contributed by atoms with E-state index >= 15 is 0 Å². The fraction of sp³-hybridized carbons (Fsp3) is 0.583. The lowest BCUT2D eigenvalue weighted by molar-refractivity contribution is 0.0904. The number of alkyl halides is 2. The van der Waals surface area contributed by atoms with Gasteiger partial charge >= 0.3 is 0 Å². The molecule has 13 heteroatoms. The third-order valence-electron chi connectivity index (χ3n) is 7.02. The van der Waals surface area contributed by atoms with Crippen LogP contribution in [0.4, 0.5) is 26.2 Å². The summed E-state index contributed by atoms with van der Waals surface area (Å²) in [6.45, 7) is 1.28. The summed E-state index contributed by atoms with van der Waals surface area (Å²) in [5.74, 6) is 1.53. The molecular weight excluding hydrogens is 526 g/mol. The maximum absolute atomic E-state index is 12.9. The highest BCUT2D eigenvalue weighted by molar-refractivity contribution is 7.70. The number of nitrogens with zero attached hydrogens (tertiary/aromatic N) is 3. The van der Waals surface area contributed by atoms with Gasteiger partial charge in [-0.15, -0.1) is 0 Å². The van der Waals surface area contributed by atoms with Crippen molar-refractivity contribution in [3.63, 3.8) is 0 Å². The first kappa shape index (κ1) is 27.7. The van der Waals surface area contributed by atoms with Crippen molar-refractivity contribution >= 4 is 39.9 Å². The van der Waals surface area contributed by atoms with Crippen molar-refractivity contribution in [3.8, 4) is 5.75 Å². The van der Waals surface area contributed by atoms with E-state index in [-0.39, 0.29) is 18.5 Å². The zero-order valence-electron chi connectivity index (χ0n) is 20.7. The molecule has 204 valence electrons. The van der Waals surface area contributed by atoms with E-state index in [9.17, 15) is 17.2 Å². The molecule has 2 aromatic rings. The van der Waals surface area contributed by atoms with Crippen molar-refractivity contribution < 1.29 is 21.9 Å². The summed E-state index contributed by atoms with van der Waals surface area (Å²) >= 11 is 6.40. The summed E-state index contributed by atoms with van der Waals surface area (Å²) in [6.07, 6.45) is 4.35. The molecule has 0 spiro atoms. The van der Waals surface area contributed by atoms with Crippen LogP contribution in [-0.4, -0.2) is 69.0 Å². The fourth-order valence-electron chi connectivity index (χ4n) is 5.10. The zero-order chi connectivity index (χ0) is 26.4. The average molecular weight is 559 g/mol. The molecule has 2 heterocycles. The molecular formula is C24H33ClF2N6O3S. The third kappa shape index (κ3) is 7.62. The molecule has 0 unspecified atom stereocenters. The minimum absolute atomic E-state index is 0.0228. The molecule has 0 radical (unpaired) electrons. The Morgan fingerprint density at radius 1 is 1.19 bits per heavy atom. The van der Waals surface area contributed by atoms with Crippen LogP contribution in [-0.2, 0) is 23.7 Å². The molecule has 0 saturated heterocycles. The average Bonchev–Trinajstić information content (AvgIpc) is 3.06. The largest absolute Gasteiger partial charge is 0.495 e. The van der Waals surface area contributed by atoms with Crippen LogP contribution in [0.15, 0.2) is 18.3 Å². The van der Waals surface area contributed by atoms with Crippen molar-refractivity contribution in [1.82, 2.24) is 19.6 Å². The molecule has 37 heavy (non-hydrogen) atoms. The topological polar surface area (TPSA) is 108 Å². The second kappa shape index (κ2) is 13.0. The van der Waals surface area contributed by atoms with Gasteiger partial charge in [0.05, 0.1) is 25.5 Å². The summed E-state index contributed by atoms with van der Waals surface area (Å²) < 4.78 is 55.9. The van der Waals surface area contributed by atoms with Crippen molar-refractivity contribution in [1.29, 1.82) is 0 Å². The van der Waals surface area contributed by atoms with E-state index in [4.69, 9.17) is 16.3 Å². The van der Waals surface area contributed by atoms with E-state index < -0.39 is 17.3 Å². The fourth-order valence-corrected chi connectivity index (χ4v) is 5.63. The Labute approximate surface area is 222 Å². The molecule has 1 aliphatic heterocycles. The summed E-state index contributed by atoms with van der Waals surface area (Å²) in [5.41, 5.74) is 2.83. The highest BCUT2D eigenvalue weighted by atomic mass is 35.5. The minimum atomic E-state index is -2.65.